The molecule has 2 aliphatic rings. The van der Waals surface area contributed by atoms with Crippen molar-refractivity contribution in [2.24, 2.45) is 0 Å². The molecule has 4 heteroatoms. The Morgan fingerprint density at radius 1 is 1.29 bits per heavy atom. The zero-order valence-electron chi connectivity index (χ0n) is 12.2. The van der Waals surface area contributed by atoms with Gasteiger partial charge in [-0.1, -0.05) is 42.5 Å². The number of alkyl carbamates (subject to hydrolysis) is 1. The molecule has 0 radical (unpaired) electrons. The molecule has 0 aliphatic carbocycles. The topological polar surface area (TPSA) is 41.6 Å². The highest BCUT2D eigenvalue weighted by Crippen LogP contribution is 2.23. The molecule has 0 unspecified atom stereocenters. The van der Waals surface area contributed by atoms with Crippen molar-refractivity contribution in [3.8, 4) is 0 Å². The van der Waals surface area contributed by atoms with Crippen molar-refractivity contribution >= 4 is 6.09 Å². The van der Waals surface area contributed by atoms with Crippen LogP contribution in [-0.2, 0) is 11.3 Å². The van der Waals surface area contributed by atoms with Crippen LogP contribution in [0.3, 0.4) is 0 Å². The molecule has 112 valence electrons. The number of hydrogen-bond donors (Lipinski definition) is 1. The highest BCUT2D eigenvalue weighted by molar-refractivity contribution is 5.67. The van der Waals surface area contributed by atoms with Crippen molar-refractivity contribution in [2.45, 2.75) is 38.0 Å². The third kappa shape index (κ3) is 3.64. The summed E-state index contributed by atoms with van der Waals surface area (Å²) in [5.41, 5.74) is 1.01. The van der Waals surface area contributed by atoms with E-state index < -0.39 is 0 Å². The van der Waals surface area contributed by atoms with Gasteiger partial charge in [-0.05, 0) is 31.4 Å². The molecule has 1 aromatic rings. The second kappa shape index (κ2) is 6.76. The largest absolute Gasteiger partial charge is 0.445 e. The summed E-state index contributed by atoms with van der Waals surface area (Å²) in [6, 6.07) is 10.4. The van der Waals surface area contributed by atoms with Crippen molar-refractivity contribution in [3.05, 3.63) is 48.0 Å². The second-order valence-electron chi connectivity index (χ2n) is 5.72. The molecule has 0 bridgehead atoms. The lowest BCUT2D eigenvalue weighted by Gasteiger charge is -2.42. The van der Waals surface area contributed by atoms with E-state index in [4.69, 9.17) is 4.74 Å². The Hall–Kier alpha value is -1.81. The number of fused-ring (bicyclic) bond motifs is 1. The molecule has 1 N–H and O–H groups in total. The third-order valence-corrected chi connectivity index (χ3v) is 4.29. The number of benzene rings is 1. The molecule has 1 amide bonds. The van der Waals surface area contributed by atoms with E-state index in [0.717, 1.165) is 37.9 Å². The van der Waals surface area contributed by atoms with Gasteiger partial charge >= 0.3 is 6.09 Å². The molecule has 0 saturated carbocycles. The zero-order chi connectivity index (χ0) is 14.5. The minimum atomic E-state index is -0.305. The number of carbonyl (C=O) groups is 1. The van der Waals surface area contributed by atoms with Crippen LogP contribution in [0.5, 0.6) is 0 Å². The molecular weight excluding hydrogens is 264 g/mol. The molecular formula is C17H22N2O2. The van der Waals surface area contributed by atoms with Gasteiger partial charge in [0, 0.05) is 18.6 Å². The number of ether oxygens (including phenoxy) is 1. The van der Waals surface area contributed by atoms with Crippen LogP contribution in [0.25, 0.3) is 0 Å². The van der Waals surface area contributed by atoms with Gasteiger partial charge in [-0.25, -0.2) is 4.79 Å². The Labute approximate surface area is 125 Å². The third-order valence-electron chi connectivity index (χ3n) is 4.29. The molecule has 21 heavy (non-hydrogen) atoms. The molecule has 2 aliphatic heterocycles. The average molecular weight is 286 g/mol. The first-order valence-electron chi connectivity index (χ1n) is 7.69. The normalized spacial score (nSPS) is 25.1. The van der Waals surface area contributed by atoms with Gasteiger partial charge in [0.25, 0.3) is 0 Å². The molecule has 0 spiro atoms. The molecule has 3 rings (SSSR count). The van der Waals surface area contributed by atoms with Crippen LogP contribution in [-0.4, -0.2) is 36.2 Å². The van der Waals surface area contributed by atoms with E-state index in [9.17, 15) is 4.79 Å². The van der Waals surface area contributed by atoms with Crippen molar-refractivity contribution in [1.82, 2.24) is 10.2 Å². The molecule has 1 aromatic carbocycles. The minimum Gasteiger partial charge on any atom is -0.445 e. The Morgan fingerprint density at radius 3 is 3.00 bits per heavy atom. The van der Waals surface area contributed by atoms with Crippen LogP contribution >= 0.6 is 0 Å². The number of carbonyl (C=O) groups excluding carboxylic acids is 1. The van der Waals surface area contributed by atoms with Crippen LogP contribution in [0, 0.1) is 0 Å². The highest BCUT2D eigenvalue weighted by atomic mass is 16.5. The molecule has 1 saturated heterocycles. The van der Waals surface area contributed by atoms with Crippen molar-refractivity contribution < 1.29 is 9.53 Å². The maximum absolute atomic E-state index is 12.0. The van der Waals surface area contributed by atoms with E-state index >= 15 is 0 Å². The Bertz CT molecular complexity index is 501. The molecule has 1 fully saturated rings. The Balaban J connectivity index is 1.51. The molecule has 0 aromatic heterocycles. The van der Waals surface area contributed by atoms with E-state index in [1.807, 2.05) is 30.3 Å². The maximum Gasteiger partial charge on any atom is 0.407 e. The predicted molar refractivity (Wildman–Crippen MR) is 81.9 cm³/mol. The lowest BCUT2D eigenvalue weighted by molar-refractivity contribution is 0.0976. The first-order valence-corrected chi connectivity index (χ1v) is 7.69. The summed E-state index contributed by atoms with van der Waals surface area (Å²) < 4.78 is 5.32. The monoisotopic (exact) mass is 286 g/mol. The number of amides is 1. The predicted octanol–water partition coefficient (Wildman–Crippen LogP) is 2.71. The maximum atomic E-state index is 12.0. The standard InChI is InChI=1S/C17H22N2O2/c20-17(21-13-14-7-2-1-3-8-14)18-15-9-6-12-19-11-5-4-10-16(15)19/h1-5,7-8,15-16H,6,9-13H2,(H,18,20)/t15-,16-/m0/s1. The second-order valence-corrected chi connectivity index (χ2v) is 5.72. The van der Waals surface area contributed by atoms with Gasteiger partial charge < -0.3 is 10.1 Å². The van der Waals surface area contributed by atoms with Gasteiger partial charge in [-0.2, -0.15) is 0 Å². The van der Waals surface area contributed by atoms with Gasteiger partial charge in [0.1, 0.15) is 6.61 Å². The van der Waals surface area contributed by atoms with Gasteiger partial charge in [0.05, 0.1) is 0 Å². The minimum absolute atomic E-state index is 0.201. The fourth-order valence-electron chi connectivity index (χ4n) is 3.20. The van der Waals surface area contributed by atoms with Gasteiger partial charge in [-0.3, -0.25) is 4.90 Å². The summed E-state index contributed by atoms with van der Waals surface area (Å²) in [5.74, 6) is 0. The smallest absolute Gasteiger partial charge is 0.407 e. The van der Waals surface area contributed by atoms with Crippen molar-refractivity contribution in [3.63, 3.8) is 0 Å². The van der Waals surface area contributed by atoms with Crippen LogP contribution in [0.15, 0.2) is 42.5 Å². The van der Waals surface area contributed by atoms with E-state index in [0.29, 0.717) is 12.6 Å². The summed E-state index contributed by atoms with van der Waals surface area (Å²) in [6.45, 7) is 2.46. The fraction of sp³-hybridized carbons (Fsp3) is 0.471. The zero-order valence-corrected chi connectivity index (χ0v) is 12.2. The molecule has 4 nitrogen and oxygen atoms in total. The van der Waals surface area contributed by atoms with E-state index in [1.165, 1.54) is 0 Å². The SMILES string of the molecule is O=C(N[C@H]1CCCN2CC=CC[C@@H]12)OCc1ccccc1. The van der Waals surface area contributed by atoms with Crippen LogP contribution in [0.1, 0.15) is 24.8 Å². The fourth-order valence-corrected chi connectivity index (χ4v) is 3.20. The van der Waals surface area contributed by atoms with Gasteiger partial charge in [0.15, 0.2) is 0 Å². The lowest BCUT2D eigenvalue weighted by Crippen LogP contribution is -2.56. The van der Waals surface area contributed by atoms with Crippen LogP contribution < -0.4 is 5.32 Å². The van der Waals surface area contributed by atoms with E-state index in [2.05, 4.69) is 22.4 Å². The quantitative estimate of drug-likeness (QED) is 0.869. The first-order chi connectivity index (χ1) is 10.3. The number of nitrogens with one attached hydrogen (secondary N) is 1. The number of nitrogens with zero attached hydrogens (tertiary/aromatic N) is 1. The number of rotatable bonds is 3. The van der Waals surface area contributed by atoms with Gasteiger partial charge in [0.2, 0.25) is 0 Å². The number of hydrogen-bond acceptors (Lipinski definition) is 3. The lowest BCUT2D eigenvalue weighted by atomic mass is 9.91. The Morgan fingerprint density at radius 2 is 2.14 bits per heavy atom. The summed E-state index contributed by atoms with van der Waals surface area (Å²) in [4.78, 5) is 14.4. The van der Waals surface area contributed by atoms with E-state index in [-0.39, 0.29) is 12.1 Å². The summed E-state index contributed by atoms with van der Waals surface area (Å²) in [5, 5.41) is 3.05. The van der Waals surface area contributed by atoms with E-state index in [1.54, 1.807) is 0 Å². The van der Waals surface area contributed by atoms with Gasteiger partial charge in [-0.15, -0.1) is 0 Å². The average Bonchev–Trinajstić information content (AvgIpc) is 2.54. The number of piperidine rings is 1. The molecule has 2 heterocycles. The Kier molecular flexibility index (Phi) is 4.55. The summed E-state index contributed by atoms with van der Waals surface area (Å²) >= 11 is 0. The van der Waals surface area contributed by atoms with Crippen molar-refractivity contribution in [1.29, 1.82) is 0 Å². The van der Waals surface area contributed by atoms with Crippen LogP contribution in [0.4, 0.5) is 4.79 Å². The van der Waals surface area contributed by atoms with Crippen LogP contribution in [0.2, 0.25) is 0 Å². The first kappa shape index (κ1) is 14.1. The summed E-state index contributed by atoms with van der Waals surface area (Å²) in [7, 11) is 0. The summed E-state index contributed by atoms with van der Waals surface area (Å²) in [6.07, 6.45) is 7.32. The highest BCUT2D eigenvalue weighted by Gasteiger charge is 2.32. The van der Waals surface area contributed by atoms with Crippen molar-refractivity contribution in [2.75, 3.05) is 13.1 Å². The molecule has 2 atom stereocenters.